The lowest BCUT2D eigenvalue weighted by molar-refractivity contribution is 0.415. The van der Waals surface area contributed by atoms with Gasteiger partial charge < -0.3 is 9.15 Å². The third-order valence-corrected chi connectivity index (χ3v) is 3.54. The van der Waals surface area contributed by atoms with Crippen LogP contribution in [0.2, 0.25) is 5.02 Å². The van der Waals surface area contributed by atoms with Gasteiger partial charge in [0.2, 0.25) is 0 Å². The topological polar surface area (TPSA) is 22.4 Å². The van der Waals surface area contributed by atoms with Gasteiger partial charge in [-0.3, -0.25) is 0 Å². The second kappa shape index (κ2) is 6.36. The van der Waals surface area contributed by atoms with Crippen LogP contribution in [0.4, 0.5) is 0 Å². The highest BCUT2D eigenvalue weighted by Gasteiger charge is 2.12. The van der Waals surface area contributed by atoms with Gasteiger partial charge in [-0.15, -0.1) is 11.6 Å². The molecule has 0 radical (unpaired) electrons. The van der Waals surface area contributed by atoms with Gasteiger partial charge >= 0.3 is 0 Å². The summed E-state index contributed by atoms with van der Waals surface area (Å²) in [4.78, 5) is 0. The molecule has 0 aliphatic heterocycles. The zero-order valence-corrected chi connectivity index (χ0v) is 12.5. The predicted octanol–water partition coefficient (Wildman–Crippen LogP) is 5.30. The molecule has 2 aromatic rings. The van der Waals surface area contributed by atoms with Crippen LogP contribution in [0, 0.1) is 0 Å². The Morgan fingerprint density at radius 2 is 2.05 bits per heavy atom. The fourth-order valence-electron chi connectivity index (χ4n) is 1.98. The first kappa shape index (κ1) is 14.3. The number of furan rings is 1. The summed E-state index contributed by atoms with van der Waals surface area (Å²) in [5, 5.41) is 0.570. The Bertz CT molecular complexity index is 561. The van der Waals surface area contributed by atoms with Crippen molar-refractivity contribution in [3.63, 3.8) is 0 Å². The maximum atomic E-state index is 6.13. The molecule has 0 spiro atoms. The Kier molecular flexibility index (Phi) is 4.78. The van der Waals surface area contributed by atoms with Gasteiger partial charge in [-0.25, -0.2) is 0 Å². The molecule has 0 saturated carbocycles. The third kappa shape index (κ3) is 3.07. The molecule has 2 rings (SSSR count). The monoisotopic (exact) mass is 298 g/mol. The smallest absolute Gasteiger partial charge is 0.137 e. The third-order valence-electron chi connectivity index (χ3n) is 2.95. The normalized spacial score (nSPS) is 10.7. The lowest BCUT2D eigenvalue weighted by Gasteiger charge is -2.04. The second-order valence-electron chi connectivity index (χ2n) is 4.29. The summed E-state index contributed by atoms with van der Waals surface area (Å²) < 4.78 is 11.0. The van der Waals surface area contributed by atoms with Crippen molar-refractivity contribution in [2.24, 2.45) is 0 Å². The molecule has 1 aromatic heterocycles. The number of methoxy groups -OCH3 is 1. The molecule has 4 heteroatoms. The summed E-state index contributed by atoms with van der Waals surface area (Å²) in [5.41, 5.74) is 1.98. The van der Waals surface area contributed by atoms with E-state index in [9.17, 15) is 0 Å². The van der Waals surface area contributed by atoms with E-state index >= 15 is 0 Å². The molecule has 1 heterocycles. The Balaban J connectivity index is 2.38. The van der Waals surface area contributed by atoms with Gasteiger partial charge in [-0.05, 0) is 30.7 Å². The largest absolute Gasteiger partial charge is 0.495 e. The maximum Gasteiger partial charge on any atom is 0.137 e. The second-order valence-corrected chi connectivity index (χ2v) is 4.97. The minimum atomic E-state index is 0.461. The lowest BCUT2D eigenvalue weighted by Crippen LogP contribution is -1.84. The number of hydrogen-bond donors (Lipinski definition) is 0. The van der Waals surface area contributed by atoms with E-state index in [1.165, 1.54) is 0 Å². The number of benzene rings is 1. The van der Waals surface area contributed by atoms with E-state index in [1.807, 2.05) is 24.3 Å². The van der Waals surface area contributed by atoms with Crippen molar-refractivity contribution in [3.05, 3.63) is 40.6 Å². The molecule has 0 atom stereocenters. The van der Waals surface area contributed by atoms with Crippen molar-refractivity contribution in [1.29, 1.82) is 0 Å². The Hall–Kier alpha value is -1.12. The highest BCUT2D eigenvalue weighted by molar-refractivity contribution is 6.32. The number of rotatable bonds is 5. The average molecular weight is 299 g/mol. The average Bonchev–Trinajstić information content (AvgIpc) is 2.82. The van der Waals surface area contributed by atoms with E-state index in [2.05, 4.69) is 6.92 Å². The summed E-state index contributed by atoms with van der Waals surface area (Å²) in [7, 11) is 1.60. The van der Waals surface area contributed by atoms with Crippen molar-refractivity contribution in [1.82, 2.24) is 0 Å². The molecule has 0 aliphatic carbocycles. The quantitative estimate of drug-likeness (QED) is 0.699. The van der Waals surface area contributed by atoms with E-state index < -0.39 is 0 Å². The predicted molar refractivity (Wildman–Crippen MR) is 79.3 cm³/mol. The van der Waals surface area contributed by atoms with Gasteiger partial charge in [0.25, 0.3) is 0 Å². The molecule has 0 N–H and O–H groups in total. The Labute approximate surface area is 123 Å². The van der Waals surface area contributed by atoms with Crippen molar-refractivity contribution in [2.45, 2.75) is 25.6 Å². The Morgan fingerprint density at radius 1 is 1.26 bits per heavy atom. The molecular formula is C15H16Cl2O2. The van der Waals surface area contributed by atoms with Gasteiger partial charge in [-0.1, -0.05) is 18.5 Å². The molecule has 0 bridgehead atoms. The minimum absolute atomic E-state index is 0.461. The van der Waals surface area contributed by atoms with E-state index in [-0.39, 0.29) is 0 Å². The molecule has 0 aliphatic rings. The minimum Gasteiger partial charge on any atom is -0.495 e. The lowest BCUT2D eigenvalue weighted by atomic mass is 10.1. The van der Waals surface area contributed by atoms with Crippen LogP contribution in [0.1, 0.15) is 24.7 Å². The number of halogens is 2. The van der Waals surface area contributed by atoms with Gasteiger partial charge in [0.1, 0.15) is 17.3 Å². The number of aryl methyl sites for hydroxylation is 1. The zero-order valence-electron chi connectivity index (χ0n) is 11.0. The van der Waals surface area contributed by atoms with Crippen molar-refractivity contribution < 1.29 is 9.15 Å². The molecule has 2 nitrogen and oxygen atoms in total. The number of ether oxygens (including phenoxy) is 1. The van der Waals surface area contributed by atoms with Crippen LogP contribution >= 0.6 is 23.2 Å². The van der Waals surface area contributed by atoms with Crippen molar-refractivity contribution in [2.75, 3.05) is 7.11 Å². The summed E-state index contributed by atoms with van der Waals surface area (Å²) in [5.74, 6) is 2.87. The SMILES string of the molecule is CCCc1oc(-c2ccc(OC)c(Cl)c2)cc1CCl. The zero-order chi connectivity index (χ0) is 13.8. The summed E-state index contributed by atoms with van der Waals surface area (Å²) in [6, 6.07) is 7.58. The molecule has 1 aromatic carbocycles. The summed E-state index contributed by atoms with van der Waals surface area (Å²) in [6.07, 6.45) is 1.92. The maximum absolute atomic E-state index is 6.13. The molecule has 102 valence electrons. The fraction of sp³-hybridized carbons (Fsp3) is 0.333. The van der Waals surface area contributed by atoms with Crippen LogP contribution in [0.3, 0.4) is 0 Å². The number of alkyl halides is 1. The van der Waals surface area contributed by atoms with Gasteiger partial charge in [0, 0.05) is 17.5 Å². The standard InChI is InChI=1S/C15H16Cl2O2/c1-3-4-13-11(9-16)8-15(19-13)10-5-6-14(18-2)12(17)7-10/h5-8H,3-4,9H2,1-2H3. The Morgan fingerprint density at radius 3 is 2.63 bits per heavy atom. The van der Waals surface area contributed by atoms with Gasteiger partial charge in [0.05, 0.1) is 18.0 Å². The molecule has 0 unspecified atom stereocenters. The van der Waals surface area contributed by atoms with Crippen LogP contribution in [0.25, 0.3) is 11.3 Å². The van der Waals surface area contributed by atoms with Crippen molar-refractivity contribution >= 4 is 23.2 Å². The van der Waals surface area contributed by atoms with Crippen LogP contribution in [-0.4, -0.2) is 7.11 Å². The van der Waals surface area contributed by atoms with E-state index in [4.69, 9.17) is 32.4 Å². The highest BCUT2D eigenvalue weighted by atomic mass is 35.5. The highest BCUT2D eigenvalue weighted by Crippen LogP contribution is 2.33. The number of hydrogen-bond acceptors (Lipinski definition) is 2. The van der Waals surface area contributed by atoms with Gasteiger partial charge in [0.15, 0.2) is 0 Å². The van der Waals surface area contributed by atoms with Crippen LogP contribution in [0.15, 0.2) is 28.7 Å². The first-order chi connectivity index (χ1) is 9.19. The molecular weight excluding hydrogens is 283 g/mol. The molecule has 19 heavy (non-hydrogen) atoms. The van der Waals surface area contributed by atoms with E-state index in [0.29, 0.717) is 16.7 Å². The molecule has 0 amide bonds. The fourth-order valence-corrected chi connectivity index (χ4v) is 2.46. The van der Waals surface area contributed by atoms with Crippen LogP contribution < -0.4 is 4.74 Å². The summed E-state index contributed by atoms with van der Waals surface area (Å²) in [6.45, 7) is 2.12. The van der Waals surface area contributed by atoms with Crippen molar-refractivity contribution in [3.8, 4) is 17.1 Å². The van der Waals surface area contributed by atoms with Crippen LogP contribution in [0.5, 0.6) is 5.75 Å². The first-order valence-electron chi connectivity index (χ1n) is 6.21. The summed E-state index contributed by atoms with van der Waals surface area (Å²) >= 11 is 12.1. The van der Waals surface area contributed by atoms with E-state index in [1.54, 1.807) is 7.11 Å². The van der Waals surface area contributed by atoms with Crippen LogP contribution in [-0.2, 0) is 12.3 Å². The van der Waals surface area contributed by atoms with Gasteiger partial charge in [-0.2, -0.15) is 0 Å². The van der Waals surface area contributed by atoms with E-state index in [0.717, 1.165) is 35.5 Å². The molecule has 0 fully saturated rings. The first-order valence-corrected chi connectivity index (χ1v) is 7.12. The molecule has 0 saturated heterocycles.